The fraction of sp³-hybridized carbons (Fsp3) is 0.529. The standard InChI is InChI=1S/C17H25NO4Si/c1-17(2,3)14(22-23(4)5)10-11-21-18-15(19)12-8-6-7-9-13(12)16(18)20/h6-9,14,23H,10-11H2,1-5H3. The van der Waals surface area contributed by atoms with Crippen LogP contribution in [0.15, 0.2) is 24.3 Å². The van der Waals surface area contributed by atoms with E-state index in [-0.39, 0.29) is 18.1 Å². The summed E-state index contributed by atoms with van der Waals surface area (Å²) < 4.78 is 6.07. The Balaban J connectivity index is 1.96. The van der Waals surface area contributed by atoms with Gasteiger partial charge in [-0.15, -0.1) is 5.06 Å². The van der Waals surface area contributed by atoms with Gasteiger partial charge in [0.1, 0.15) is 0 Å². The van der Waals surface area contributed by atoms with E-state index in [0.29, 0.717) is 17.5 Å². The minimum atomic E-state index is -1.17. The molecule has 2 amide bonds. The molecule has 1 atom stereocenters. The summed E-state index contributed by atoms with van der Waals surface area (Å²) in [6.45, 7) is 10.9. The highest BCUT2D eigenvalue weighted by molar-refractivity contribution is 6.48. The number of carbonyl (C=O) groups excluding carboxylic acids is 2. The summed E-state index contributed by atoms with van der Waals surface area (Å²) in [6.07, 6.45) is 0.687. The van der Waals surface area contributed by atoms with Crippen LogP contribution in [-0.2, 0) is 9.26 Å². The molecule has 0 saturated heterocycles. The zero-order chi connectivity index (χ0) is 17.2. The number of hydrogen-bond donors (Lipinski definition) is 0. The number of imide groups is 1. The number of rotatable bonds is 6. The van der Waals surface area contributed by atoms with Crippen LogP contribution in [0.4, 0.5) is 0 Å². The monoisotopic (exact) mass is 335 g/mol. The van der Waals surface area contributed by atoms with E-state index in [1.807, 2.05) is 0 Å². The summed E-state index contributed by atoms with van der Waals surface area (Å²) >= 11 is 0. The Morgan fingerprint density at radius 2 is 1.61 bits per heavy atom. The lowest BCUT2D eigenvalue weighted by Gasteiger charge is -2.32. The van der Waals surface area contributed by atoms with Crippen molar-refractivity contribution in [2.24, 2.45) is 5.41 Å². The van der Waals surface area contributed by atoms with E-state index >= 15 is 0 Å². The first kappa shape index (κ1) is 17.8. The predicted molar refractivity (Wildman–Crippen MR) is 90.7 cm³/mol. The molecule has 2 rings (SSSR count). The van der Waals surface area contributed by atoms with Crippen molar-refractivity contribution in [3.63, 3.8) is 0 Å². The molecule has 0 N–H and O–H groups in total. The second-order valence-electron chi connectivity index (χ2n) is 7.11. The Labute approximate surface area is 139 Å². The summed E-state index contributed by atoms with van der Waals surface area (Å²) in [7, 11) is -1.17. The fourth-order valence-corrected chi connectivity index (χ4v) is 3.77. The number of hydroxylamine groups is 2. The van der Waals surface area contributed by atoms with Gasteiger partial charge in [-0.25, -0.2) is 0 Å². The van der Waals surface area contributed by atoms with Crippen molar-refractivity contribution in [1.82, 2.24) is 5.06 Å². The molecule has 5 nitrogen and oxygen atoms in total. The zero-order valence-corrected chi connectivity index (χ0v) is 15.6. The molecule has 0 spiro atoms. The molecule has 1 unspecified atom stereocenters. The molecule has 1 aromatic carbocycles. The summed E-state index contributed by atoms with van der Waals surface area (Å²) in [5.41, 5.74) is 0.786. The maximum absolute atomic E-state index is 12.2. The van der Waals surface area contributed by atoms with Crippen molar-refractivity contribution in [2.45, 2.75) is 46.4 Å². The first-order valence-electron chi connectivity index (χ1n) is 7.98. The van der Waals surface area contributed by atoms with Crippen LogP contribution in [0, 0.1) is 5.41 Å². The molecular weight excluding hydrogens is 310 g/mol. The number of benzene rings is 1. The third-order valence-electron chi connectivity index (χ3n) is 3.76. The maximum atomic E-state index is 12.2. The molecular formula is C17H25NO4Si. The molecule has 0 aliphatic carbocycles. The van der Waals surface area contributed by atoms with Gasteiger partial charge in [-0.05, 0) is 37.1 Å². The van der Waals surface area contributed by atoms with Gasteiger partial charge in [0.25, 0.3) is 11.8 Å². The second-order valence-corrected chi connectivity index (χ2v) is 9.48. The number of hydrogen-bond acceptors (Lipinski definition) is 4. The van der Waals surface area contributed by atoms with E-state index in [1.165, 1.54) is 0 Å². The summed E-state index contributed by atoms with van der Waals surface area (Å²) in [6, 6.07) is 6.77. The molecule has 1 aliphatic rings. The van der Waals surface area contributed by atoms with E-state index in [2.05, 4.69) is 33.9 Å². The van der Waals surface area contributed by atoms with Crippen molar-refractivity contribution in [3.05, 3.63) is 35.4 Å². The first-order chi connectivity index (χ1) is 10.7. The molecule has 1 aliphatic heterocycles. The van der Waals surface area contributed by atoms with E-state index < -0.39 is 20.9 Å². The lowest BCUT2D eigenvalue weighted by Crippen LogP contribution is -2.36. The highest BCUT2D eigenvalue weighted by Gasteiger charge is 2.37. The molecule has 1 heterocycles. The average Bonchev–Trinajstić information content (AvgIpc) is 2.70. The lowest BCUT2D eigenvalue weighted by atomic mass is 9.87. The van der Waals surface area contributed by atoms with Crippen LogP contribution >= 0.6 is 0 Å². The minimum absolute atomic E-state index is 0.0113. The van der Waals surface area contributed by atoms with Crippen LogP contribution in [0.2, 0.25) is 13.1 Å². The lowest BCUT2D eigenvalue weighted by molar-refractivity contribution is -0.102. The van der Waals surface area contributed by atoms with Crippen LogP contribution in [-0.4, -0.2) is 38.6 Å². The van der Waals surface area contributed by atoms with Gasteiger partial charge in [-0.2, -0.15) is 0 Å². The van der Waals surface area contributed by atoms with Gasteiger partial charge < -0.3 is 4.43 Å². The SMILES string of the molecule is C[SiH](C)OC(CCON1C(=O)c2ccccc2C1=O)C(C)(C)C. The average molecular weight is 335 g/mol. The van der Waals surface area contributed by atoms with Gasteiger partial charge in [0.2, 0.25) is 0 Å². The largest absolute Gasteiger partial charge is 0.417 e. The number of carbonyl (C=O) groups is 2. The predicted octanol–water partition coefficient (Wildman–Crippen LogP) is 3.02. The van der Waals surface area contributed by atoms with E-state index in [4.69, 9.17) is 9.26 Å². The highest BCUT2D eigenvalue weighted by Crippen LogP contribution is 2.27. The number of fused-ring (bicyclic) bond motifs is 1. The van der Waals surface area contributed by atoms with Crippen molar-refractivity contribution >= 4 is 20.9 Å². The van der Waals surface area contributed by atoms with Crippen molar-refractivity contribution in [1.29, 1.82) is 0 Å². The second kappa shape index (κ2) is 6.94. The molecule has 1 aromatic rings. The Bertz CT molecular complexity index is 560. The van der Waals surface area contributed by atoms with Gasteiger partial charge in [0, 0.05) is 0 Å². The van der Waals surface area contributed by atoms with E-state index in [1.54, 1.807) is 24.3 Å². The fourth-order valence-electron chi connectivity index (χ4n) is 2.57. The number of nitrogens with zero attached hydrogens (tertiary/aromatic N) is 1. The summed E-state index contributed by atoms with van der Waals surface area (Å²) in [4.78, 5) is 29.9. The quantitative estimate of drug-likeness (QED) is 0.592. The van der Waals surface area contributed by atoms with Gasteiger partial charge >= 0.3 is 0 Å². The van der Waals surface area contributed by atoms with Crippen molar-refractivity contribution < 1.29 is 18.9 Å². The molecule has 6 heteroatoms. The minimum Gasteiger partial charge on any atom is -0.417 e. The summed E-state index contributed by atoms with van der Waals surface area (Å²) in [5, 5.41) is 0.872. The molecule has 0 aromatic heterocycles. The smallest absolute Gasteiger partial charge is 0.285 e. The summed E-state index contributed by atoms with van der Waals surface area (Å²) in [5.74, 6) is -0.783. The molecule has 0 fully saturated rings. The highest BCUT2D eigenvalue weighted by atomic mass is 28.3. The van der Waals surface area contributed by atoms with E-state index in [0.717, 1.165) is 5.06 Å². The first-order valence-corrected chi connectivity index (χ1v) is 10.8. The third kappa shape index (κ3) is 4.07. The van der Waals surface area contributed by atoms with Crippen LogP contribution in [0.5, 0.6) is 0 Å². The van der Waals surface area contributed by atoms with Crippen LogP contribution < -0.4 is 0 Å². The molecule has 0 bridgehead atoms. The maximum Gasteiger partial charge on any atom is 0.285 e. The van der Waals surface area contributed by atoms with Crippen LogP contribution in [0.25, 0.3) is 0 Å². The Morgan fingerprint density at radius 3 is 2.04 bits per heavy atom. The van der Waals surface area contributed by atoms with Crippen molar-refractivity contribution in [3.8, 4) is 0 Å². The van der Waals surface area contributed by atoms with Gasteiger partial charge in [0.15, 0.2) is 9.04 Å². The molecule has 0 saturated carbocycles. The van der Waals surface area contributed by atoms with Gasteiger partial charge in [-0.3, -0.25) is 14.4 Å². The van der Waals surface area contributed by atoms with Gasteiger partial charge in [0.05, 0.1) is 23.8 Å². The number of amides is 2. The van der Waals surface area contributed by atoms with Crippen molar-refractivity contribution in [2.75, 3.05) is 6.61 Å². The molecule has 23 heavy (non-hydrogen) atoms. The third-order valence-corrected chi connectivity index (χ3v) is 4.63. The van der Waals surface area contributed by atoms with Crippen LogP contribution in [0.3, 0.4) is 0 Å². The Hall–Kier alpha value is -1.50. The normalized spacial score (nSPS) is 16.2. The topological polar surface area (TPSA) is 55.8 Å². The Kier molecular flexibility index (Phi) is 5.39. The van der Waals surface area contributed by atoms with E-state index in [9.17, 15) is 9.59 Å². The van der Waals surface area contributed by atoms with Crippen LogP contribution in [0.1, 0.15) is 47.9 Å². The van der Waals surface area contributed by atoms with Gasteiger partial charge in [-0.1, -0.05) is 32.9 Å². The Morgan fingerprint density at radius 1 is 1.09 bits per heavy atom. The molecule has 0 radical (unpaired) electrons. The zero-order valence-electron chi connectivity index (χ0n) is 14.5. The molecule has 126 valence electrons.